The predicted molar refractivity (Wildman–Crippen MR) is 137 cm³/mol. The van der Waals surface area contributed by atoms with Crippen LogP contribution in [0, 0.1) is 12.7 Å². The highest BCUT2D eigenvalue weighted by atomic mass is 35.5. The Hall–Kier alpha value is -2.34. The topological polar surface area (TPSA) is 113 Å². The monoisotopic (exact) mass is 548 g/mol. The number of aromatic nitrogens is 4. The van der Waals surface area contributed by atoms with Gasteiger partial charge in [-0.1, -0.05) is 11.6 Å². The van der Waals surface area contributed by atoms with E-state index in [4.69, 9.17) is 26.3 Å². The number of fused-ring (bicyclic) bond motifs is 1. The summed E-state index contributed by atoms with van der Waals surface area (Å²) in [6.07, 6.45) is 3.50. The number of H-pyrrole nitrogens is 1. The molecule has 2 aromatic heterocycles. The molecule has 3 aromatic rings. The van der Waals surface area contributed by atoms with Crippen molar-refractivity contribution in [3.8, 4) is 5.88 Å². The van der Waals surface area contributed by atoms with Crippen molar-refractivity contribution < 1.29 is 17.5 Å². The van der Waals surface area contributed by atoms with Crippen molar-refractivity contribution >= 4 is 32.7 Å². The molecule has 3 heterocycles. The Balaban J connectivity index is 1.21. The van der Waals surface area contributed by atoms with E-state index in [-0.39, 0.29) is 16.5 Å². The molecule has 0 unspecified atom stereocenters. The molecule has 1 saturated heterocycles. The fraction of sp³-hybridized carbons (Fsp3) is 0.560. The van der Waals surface area contributed by atoms with Crippen LogP contribution >= 0.6 is 11.6 Å². The molecule has 0 spiro atoms. The summed E-state index contributed by atoms with van der Waals surface area (Å²) in [5, 5.41) is 8.30. The molecule has 2 bridgehead atoms. The minimum Gasteiger partial charge on any atom is -0.474 e. The minimum absolute atomic E-state index is 0.0639. The van der Waals surface area contributed by atoms with Gasteiger partial charge in [0.25, 0.3) is 0 Å². The molecule has 3 saturated carbocycles. The zero-order chi connectivity index (χ0) is 26.2. The molecule has 7 rings (SSSR count). The number of rotatable bonds is 7. The minimum atomic E-state index is -4.07. The number of nitrogens with one attached hydrogen (secondary N) is 2. The van der Waals surface area contributed by atoms with Crippen molar-refractivity contribution in [2.75, 3.05) is 13.1 Å². The number of nitrogens with zero attached hydrogens (tertiary/aromatic N) is 4. The lowest BCUT2D eigenvalue weighted by atomic mass is 9.39. The number of hydrogen-bond donors (Lipinski definition) is 2. The first-order chi connectivity index (χ1) is 17.5. The normalized spacial score (nSPS) is 26.3. The van der Waals surface area contributed by atoms with Gasteiger partial charge in [0.15, 0.2) is 5.65 Å². The average Bonchev–Trinajstić information content (AvgIpc) is 3.18. The molecular weight excluding hydrogens is 519 g/mol. The van der Waals surface area contributed by atoms with Crippen LogP contribution in [-0.2, 0) is 15.4 Å². The van der Waals surface area contributed by atoms with Gasteiger partial charge in [-0.2, -0.15) is 10.1 Å². The van der Waals surface area contributed by atoms with E-state index in [1.807, 2.05) is 6.92 Å². The van der Waals surface area contributed by atoms with E-state index in [9.17, 15) is 12.8 Å². The van der Waals surface area contributed by atoms with E-state index in [2.05, 4.69) is 33.7 Å². The van der Waals surface area contributed by atoms with Crippen LogP contribution in [0.1, 0.15) is 57.5 Å². The predicted octanol–water partition coefficient (Wildman–Crippen LogP) is 3.86. The summed E-state index contributed by atoms with van der Waals surface area (Å²) in [5.74, 6) is 0.327. The second-order valence-electron chi connectivity index (χ2n) is 11.1. The maximum Gasteiger partial charge on any atom is 0.244 e. The summed E-state index contributed by atoms with van der Waals surface area (Å²) < 4.78 is 49.2. The molecular formula is C25H30ClFN6O3S. The Kier molecular flexibility index (Phi) is 5.79. The third kappa shape index (κ3) is 4.20. The number of ether oxygens (including phenoxy) is 1. The van der Waals surface area contributed by atoms with Crippen LogP contribution < -0.4 is 9.46 Å². The van der Waals surface area contributed by atoms with E-state index < -0.39 is 26.3 Å². The fourth-order valence-corrected chi connectivity index (χ4v) is 7.92. The van der Waals surface area contributed by atoms with Gasteiger partial charge in [0, 0.05) is 40.8 Å². The highest BCUT2D eigenvalue weighted by Crippen LogP contribution is 2.67. The van der Waals surface area contributed by atoms with Crippen molar-refractivity contribution in [2.45, 2.75) is 80.9 Å². The Morgan fingerprint density at radius 2 is 1.92 bits per heavy atom. The number of piperidine rings is 1. The van der Waals surface area contributed by atoms with Crippen molar-refractivity contribution in [1.82, 2.24) is 29.8 Å². The Labute approximate surface area is 220 Å². The fourth-order valence-electron chi connectivity index (χ4n) is 6.18. The number of halogens is 2. The van der Waals surface area contributed by atoms with Crippen molar-refractivity contribution in [3.05, 3.63) is 40.6 Å². The van der Waals surface area contributed by atoms with Crippen LogP contribution in [0.3, 0.4) is 0 Å². The molecule has 12 heteroatoms. The molecule has 0 radical (unpaired) electrons. The Morgan fingerprint density at radius 3 is 2.59 bits per heavy atom. The first-order valence-corrected chi connectivity index (χ1v) is 14.5. The summed E-state index contributed by atoms with van der Waals surface area (Å²) in [6, 6.07) is 4.03. The van der Waals surface area contributed by atoms with E-state index in [0.717, 1.165) is 49.1 Å². The third-order valence-corrected chi connectivity index (χ3v) is 9.91. The number of sulfonamides is 1. The molecule has 9 nitrogen and oxygen atoms in total. The van der Waals surface area contributed by atoms with E-state index in [1.54, 1.807) is 0 Å². The second-order valence-corrected chi connectivity index (χ2v) is 13.2. The van der Waals surface area contributed by atoms with E-state index in [0.29, 0.717) is 42.7 Å². The quantitative estimate of drug-likeness (QED) is 0.461. The van der Waals surface area contributed by atoms with Gasteiger partial charge >= 0.3 is 0 Å². The molecule has 198 valence electrons. The third-order valence-electron chi connectivity index (χ3n) is 8.08. The lowest BCUT2D eigenvalue weighted by Crippen LogP contribution is -2.77. The molecule has 4 aliphatic rings. The van der Waals surface area contributed by atoms with Crippen LogP contribution in [0.2, 0.25) is 5.02 Å². The van der Waals surface area contributed by atoms with Crippen molar-refractivity contribution in [1.29, 1.82) is 0 Å². The molecule has 0 amide bonds. The lowest BCUT2D eigenvalue weighted by Gasteiger charge is -2.69. The zero-order valence-corrected chi connectivity index (χ0v) is 22.6. The molecule has 1 aliphatic heterocycles. The van der Waals surface area contributed by atoms with Crippen LogP contribution in [0.4, 0.5) is 4.39 Å². The zero-order valence-electron chi connectivity index (χ0n) is 21.0. The molecule has 4 fully saturated rings. The maximum absolute atomic E-state index is 14.2. The average molecular weight is 549 g/mol. The Bertz CT molecular complexity index is 1470. The van der Waals surface area contributed by atoms with E-state index >= 15 is 0 Å². The molecule has 0 atom stereocenters. The largest absolute Gasteiger partial charge is 0.474 e. The number of benzene rings is 1. The van der Waals surface area contributed by atoms with Crippen LogP contribution in [-0.4, -0.2) is 64.3 Å². The first kappa shape index (κ1) is 25.0. The summed E-state index contributed by atoms with van der Waals surface area (Å²) in [4.78, 5) is 11.6. The molecule has 37 heavy (non-hydrogen) atoms. The summed E-state index contributed by atoms with van der Waals surface area (Å²) in [5.41, 5.74) is 0.409. The van der Waals surface area contributed by atoms with Gasteiger partial charge < -0.3 is 9.64 Å². The van der Waals surface area contributed by atoms with Crippen LogP contribution in [0.25, 0.3) is 11.0 Å². The molecule has 1 aromatic carbocycles. The smallest absolute Gasteiger partial charge is 0.244 e. The molecule has 2 N–H and O–H groups in total. The lowest BCUT2D eigenvalue weighted by molar-refractivity contribution is -0.0781. The maximum atomic E-state index is 14.2. The van der Waals surface area contributed by atoms with Gasteiger partial charge in [-0.3, -0.25) is 5.10 Å². The van der Waals surface area contributed by atoms with Gasteiger partial charge in [-0.15, -0.1) is 0 Å². The van der Waals surface area contributed by atoms with E-state index in [1.165, 1.54) is 6.07 Å². The SMILES string of the molecule is Cc1[nH]nc2nc(C34CC(NS(=O)(=O)c5cc(Cl)ccc5F)(C3)C4)nc(OC3CCN(C(C)C)CC3)c12. The van der Waals surface area contributed by atoms with Gasteiger partial charge in [-0.25, -0.2) is 22.5 Å². The van der Waals surface area contributed by atoms with Crippen LogP contribution in [0.15, 0.2) is 23.1 Å². The summed E-state index contributed by atoms with van der Waals surface area (Å²) >= 11 is 5.91. The van der Waals surface area contributed by atoms with Gasteiger partial charge in [0.2, 0.25) is 15.9 Å². The van der Waals surface area contributed by atoms with Crippen molar-refractivity contribution in [2.24, 2.45) is 0 Å². The molecule has 3 aliphatic carbocycles. The highest BCUT2D eigenvalue weighted by molar-refractivity contribution is 7.89. The number of aromatic amines is 1. The summed E-state index contributed by atoms with van der Waals surface area (Å²) in [6.45, 7) is 8.30. The van der Waals surface area contributed by atoms with Crippen LogP contribution in [0.5, 0.6) is 5.88 Å². The number of likely N-dealkylation sites (tertiary alicyclic amines) is 1. The number of aryl methyl sites for hydroxylation is 1. The van der Waals surface area contributed by atoms with Gasteiger partial charge in [0.1, 0.15) is 28.0 Å². The standard InChI is InChI=1S/C25H30ClFN6O3S/c1-14(2)33-8-6-17(7-9-33)36-22-20-15(3)30-31-21(20)28-23(29-22)24-11-25(12-24,13-24)32-37(34,35)19-10-16(26)4-5-18(19)27/h4-5,10,14,17,32H,6-9,11-13H2,1-3H3,(H,28,29,30,31). The highest BCUT2D eigenvalue weighted by Gasteiger charge is 2.71. The van der Waals surface area contributed by atoms with Gasteiger partial charge in [0.05, 0.1) is 0 Å². The Morgan fingerprint density at radius 1 is 1.22 bits per heavy atom. The summed E-state index contributed by atoms with van der Waals surface area (Å²) in [7, 11) is -4.07. The van der Waals surface area contributed by atoms with Crippen molar-refractivity contribution in [3.63, 3.8) is 0 Å². The number of hydrogen-bond acceptors (Lipinski definition) is 7. The van der Waals surface area contributed by atoms with Gasteiger partial charge in [-0.05, 0) is 71.1 Å². The first-order valence-electron chi connectivity index (χ1n) is 12.6. The second kappa shape index (κ2) is 8.59.